The average Bonchev–Trinajstić information content (AvgIpc) is 2.83. The molecule has 160 valence electrons. The molecule has 5 nitrogen and oxygen atoms in total. The minimum Gasteiger partial charge on any atom is -0.339 e. The highest BCUT2D eigenvalue weighted by Gasteiger charge is 2.29. The number of benzene rings is 2. The van der Waals surface area contributed by atoms with Crippen molar-refractivity contribution in [2.45, 2.75) is 32.7 Å². The van der Waals surface area contributed by atoms with Crippen molar-refractivity contribution in [1.29, 1.82) is 5.26 Å². The van der Waals surface area contributed by atoms with Crippen LogP contribution in [0.25, 0.3) is 6.08 Å². The van der Waals surface area contributed by atoms with Gasteiger partial charge < -0.3 is 9.80 Å². The molecule has 0 aliphatic carbocycles. The van der Waals surface area contributed by atoms with Gasteiger partial charge in [-0.2, -0.15) is 5.26 Å². The normalized spacial score (nSPS) is 14.4. The van der Waals surface area contributed by atoms with Gasteiger partial charge in [0.1, 0.15) is 0 Å². The third-order valence-corrected chi connectivity index (χ3v) is 5.64. The third-order valence-electron chi connectivity index (χ3n) is 5.64. The van der Waals surface area contributed by atoms with Crippen LogP contribution in [0.15, 0.2) is 60.7 Å². The Morgan fingerprint density at radius 3 is 2.39 bits per heavy atom. The molecule has 0 bridgehead atoms. The molecule has 5 heteroatoms. The van der Waals surface area contributed by atoms with Gasteiger partial charge in [0.25, 0.3) is 0 Å². The molecule has 1 aliphatic heterocycles. The van der Waals surface area contributed by atoms with E-state index in [1.165, 1.54) is 0 Å². The molecule has 0 radical (unpaired) electrons. The quantitative estimate of drug-likeness (QED) is 0.635. The summed E-state index contributed by atoms with van der Waals surface area (Å²) >= 11 is 0. The summed E-state index contributed by atoms with van der Waals surface area (Å²) in [6.45, 7) is 4.53. The van der Waals surface area contributed by atoms with Gasteiger partial charge in [-0.05, 0) is 48.6 Å². The minimum absolute atomic E-state index is 0.00208. The van der Waals surface area contributed by atoms with Crippen LogP contribution in [0.5, 0.6) is 0 Å². The van der Waals surface area contributed by atoms with Gasteiger partial charge in [0.2, 0.25) is 11.8 Å². The summed E-state index contributed by atoms with van der Waals surface area (Å²) in [6, 6.07) is 19.3. The molecule has 1 saturated heterocycles. The molecule has 0 unspecified atom stereocenters. The van der Waals surface area contributed by atoms with Crippen LogP contribution in [0.1, 0.15) is 42.9 Å². The Labute approximate surface area is 184 Å². The van der Waals surface area contributed by atoms with Crippen LogP contribution in [-0.2, 0) is 16.1 Å². The Balaban J connectivity index is 1.55. The number of likely N-dealkylation sites (tertiary alicyclic amines) is 1. The standard InChI is InChI=1S/C26H29N3O2/c1-2-16-29(20-23-10-8-22(19-27)9-11-23)26(31)24-14-17-28(18-15-24)25(30)13-12-21-6-4-3-5-7-21/h3-13,24H,2,14-18,20H2,1H3/b13-12+. The third kappa shape index (κ3) is 6.29. The number of hydrogen-bond donors (Lipinski definition) is 0. The highest BCUT2D eigenvalue weighted by Crippen LogP contribution is 2.22. The smallest absolute Gasteiger partial charge is 0.246 e. The van der Waals surface area contributed by atoms with Crippen LogP contribution in [0.4, 0.5) is 0 Å². The molecule has 2 aromatic carbocycles. The molecule has 0 aromatic heterocycles. The van der Waals surface area contributed by atoms with Gasteiger partial charge in [-0.3, -0.25) is 9.59 Å². The van der Waals surface area contributed by atoms with Gasteiger partial charge in [-0.15, -0.1) is 0 Å². The molecule has 0 saturated carbocycles. The molecule has 31 heavy (non-hydrogen) atoms. The summed E-state index contributed by atoms with van der Waals surface area (Å²) in [4.78, 5) is 29.4. The molecule has 1 heterocycles. The molecule has 2 amide bonds. The van der Waals surface area contributed by atoms with Crippen LogP contribution in [0.2, 0.25) is 0 Å². The van der Waals surface area contributed by atoms with Crippen LogP contribution in [-0.4, -0.2) is 41.2 Å². The fourth-order valence-corrected chi connectivity index (χ4v) is 3.88. The Morgan fingerprint density at radius 1 is 1.10 bits per heavy atom. The van der Waals surface area contributed by atoms with Crippen LogP contribution in [0, 0.1) is 17.2 Å². The highest BCUT2D eigenvalue weighted by molar-refractivity contribution is 5.92. The maximum absolute atomic E-state index is 13.2. The van der Waals surface area contributed by atoms with E-state index in [-0.39, 0.29) is 17.7 Å². The van der Waals surface area contributed by atoms with E-state index < -0.39 is 0 Å². The van der Waals surface area contributed by atoms with Crippen molar-refractivity contribution < 1.29 is 9.59 Å². The van der Waals surface area contributed by atoms with E-state index in [1.807, 2.05) is 58.3 Å². The first-order valence-electron chi connectivity index (χ1n) is 10.9. The van der Waals surface area contributed by atoms with Crippen molar-refractivity contribution in [2.75, 3.05) is 19.6 Å². The van der Waals surface area contributed by atoms with Crippen molar-refractivity contribution in [3.63, 3.8) is 0 Å². The van der Waals surface area contributed by atoms with Crippen molar-refractivity contribution in [1.82, 2.24) is 9.80 Å². The SMILES string of the molecule is CCCN(Cc1ccc(C#N)cc1)C(=O)C1CCN(C(=O)/C=C/c2ccccc2)CC1. The molecular formula is C26H29N3O2. The van der Waals surface area contributed by atoms with Gasteiger partial charge >= 0.3 is 0 Å². The van der Waals surface area contributed by atoms with E-state index in [0.717, 1.165) is 17.5 Å². The number of rotatable bonds is 7. The number of carbonyl (C=O) groups excluding carboxylic acids is 2. The fourth-order valence-electron chi connectivity index (χ4n) is 3.88. The molecule has 0 spiro atoms. The molecule has 1 aliphatic rings. The van der Waals surface area contributed by atoms with Gasteiger partial charge in [-0.1, -0.05) is 49.4 Å². The lowest BCUT2D eigenvalue weighted by Gasteiger charge is -2.34. The molecule has 0 atom stereocenters. The first-order valence-corrected chi connectivity index (χ1v) is 10.9. The van der Waals surface area contributed by atoms with Crippen molar-refractivity contribution in [3.8, 4) is 6.07 Å². The Kier molecular flexibility index (Phi) is 8.00. The number of nitrogens with zero attached hydrogens (tertiary/aromatic N) is 3. The number of nitriles is 1. The van der Waals surface area contributed by atoms with E-state index in [9.17, 15) is 9.59 Å². The lowest BCUT2D eigenvalue weighted by Crippen LogP contribution is -2.44. The summed E-state index contributed by atoms with van der Waals surface area (Å²) < 4.78 is 0. The molecule has 2 aromatic rings. The molecule has 0 N–H and O–H groups in total. The van der Waals surface area contributed by atoms with Crippen molar-refractivity contribution in [3.05, 3.63) is 77.4 Å². The lowest BCUT2D eigenvalue weighted by molar-refractivity contribution is -0.140. The zero-order valence-corrected chi connectivity index (χ0v) is 18.0. The summed E-state index contributed by atoms with van der Waals surface area (Å²) in [5.41, 5.74) is 2.65. The Bertz CT molecular complexity index is 937. The number of piperidine rings is 1. The van der Waals surface area contributed by atoms with E-state index in [2.05, 4.69) is 13.0 Å². The van der Waals surface area contributed by atoms with E-state index in [0.29, 0.717) is 44.6 Å². The van der Waals surface area contributed by atoms with Gasteiger partial charge in [0, 0.05) is 38.2 Å². The molecule has 3 rings (SSSR count). The first-order chi connectivity index (χ1) is 15.1. The van der Waals surface area contributed by atoms with Gasteiger partial charge in [0.15, 0.2) is 0 Å². The molecular weight excluding hydrogens is 386 g/mol. The Hall–Kier alpha value is -3.39. The van der Waals surface area contributed by atoms with E-state index in [4.69, 9.17) is 5.26 Å². The summed E-state index contributed by atoms with van der Waals surface area (Å²) in [6.07, 6.45) is 5.73. The first kappa shape index (κ1) is 22.3. The maximum atomic E-state index is 13.2. The van der Waals surface area contributed by atoms with Gasteiger partial charge in [0.05, 0.1) is 11.6 Å². The van der Waals surface area contributed by atoms with E-state index >= 15 is 0 Å². The maximum Gasteiger partial charge on any atom is 0.246 e. The monoisotopic (exact) mass is 415 g/mol. The zero-order valence-electron chi connectivity index (χ0n) is 18.0. The van der Waals surface area contributed by atoms with Crippen LogP contribution in [0.3, 0.4) is 0 Å². The summed E-state index contributed by atoms with van der Waals surface area (Å²) in [5.74, 6) is 0.114. The average molecular weight is 416 g/mol. The second kappa shape index (κ2) is 11.1. The van der Waals surface area contributed by atoms with Crippen LogP contribution < -0.4 is 0 Å². The minimum atomic E-state index is -0.0490. The van der Waals surface area contributed by atoms with E-state index in [1.54, 1.807) is 18.2 Å². The zero-order chi connectivity index (χ0) is 22.1. The Morgan fingerprint density at radius 2 is 1.77 bits per heavy atom. The second-order valence-electron chi connectivity index (χ2n) is 7.91. The summed E-state index contributed by atoms with van der Waals surface area (Å²) in [7, 11) is 0. The lowest BCUT2D eigenvalue weighted by atomic mass is 9.94. The van der Waals surface area contributed by atoms with Crippen LogP contribution >= 0.6 is 0 Å². The summed E-state index contributed by atoms with van der Waals surface area (Å²) in [5, 5.41) is 8.96. The topological polar surface area (TPSA) is 64.4 Å². The second-order valence-corrected chi connectivity index (χ2v) is 7.91. The molecule has 1 fully saturated rings. The van der Waals surface area contributed by atoms with Gasteiger partial charge in [-0.25, -0.2) is 0 Å². The largest absolute Gasteiger partial charge is 0.339 e. The fraction of sp³-hybridized carbons (Fsp3) is 0.346. The number of carbonyl (C=O) groups is 2. The number of amides is 2. The predicted molar refractivity (Wildman–Crippen MR) is 122 cm³/mol. The van der Waals surface area contributed by atoms with Crippen molar-refractivity contribution in [2.24, 2.45) is 5.92 Å². The van der Waals surface area contributed by atoms with Crippen molar-refractivity contribution >= 4 is 17.9 Å². The number of hydrogen-bond acceptors (Lipinski definition) is 3. The highest BCUT2D eigenvalue weighted by atomic mass is 16.2. The predicted octanol–water partition coefficient (Wildman–Crippen LogP) is 4.25.